The number of para-hydroxylation sites is 3. The van der Waals surface area contributed by atoms with Gasteiger partial charge in [0.1, 0.15) is 23.5 Å². The topological polar surface area (TPSA) is 50.3 Å². The highest BCUT2D eigenvalue weighted by atomic mass is 19.1. The molecule has 4 rings (SSSR count). The molecule has 0 radical (unpaired) electrons. The number of nitrogens with one attached hydrogen (secondary N) is 1. The summed E-state index contributed by atoms with van der Waals surface area (Å²) >= 11 is 0. The second-order valence-corrected chi connectivity index (χ2v) is 5.60. The molecule has 2 heterocycles. The Labute approximate surface area is 139 Å². The van der Waals surface area contributed by atoms with Gasteiger partial charge in [0.15, 0.2) is 0 Å². The number of halogens is 1. The summed E-state index contributed by atoms with van der Waals surface area (Å²) in [5.74, 6) is 0.250. The highest BCUT2D eigenvalue weighted by molar-refractivity contribution is 5.92. The fourth-order valence-corrected chi connectivity index (χ4v) is 2.94. The van der Waals surface area contributed by atoms with Gasteiger partial charge in [-0.25, -0.2) is 14.4 Å². The van der Waals surface area contributed by atoms with E-state index in [9.17, 15) is 4.39 Å². The lowest BCUT2D eigenvalue weighted by Crippen LogP contribution is -2.36. The average Bonchev–Trinajstić information content (AvgIpc) is 2.64. The molecule has 24 heavy (non-hydrogen) atoms. The maximum Gasteiger partial charge on any atom is 0.149 e. The van der Waals surface area contributed by atoms with Gasteiger partial charge < -0.3 is 15.0 Å². The number of morpholine rings is 1. The van der Waals surface area contributed by atoms with Crippen LogP contribution in [0.3, 0.4) is 0 Å². The minimum absolute atomic E-state index is 0.318. The summed E-state index contributed by atoms with van der Waals surface area (Å²) in [7, 11) is 0. The first-order valence-corrected chi connectivity index (χ1v) is 7.91. The van der Waals surface area contributed by atoms with Crippen LogP contribution in [0.4, 0.5) is 21.6 Å². The van der Waals surface area contributed by atoms with Crippen LogP contribution in [-0.4, -0.2) is 36.3 Å². The van der Waals surface area contributed by atoms with Gasteiger partial charge in [0.25, 0.3) is 0 Å². The molecule has 0 amide bonds. The van der Waals surface area contributed by atoms with Gasteiger partial charge in [-0.15, -0.1) is 0 Å². The first kappa shape index (κ1) is 14.8. The van der Waals surface area contributed by atoms with Crippen molar-refractivity contribution in [1.29, 1.82) is 0 Å². The van der Waals surface area contributed by atoms with E-state index in [1.807, 2.05) is 24.3 Å². The van der Waals surface area contributed by atoms with Crippen molar-refractivity contribution in [2.45, 2.75) is 0 Å². The fourth-order valence-electron chi connectivity index (χ4n) is 2.94. The lowest BCUT2D eigenvalue weighted by Gasteiger charge is -2.30. The van der Waals surface area contributed by atoms with E-state index in [1.54, 1.807) is 6.07 Å². The summed E-state index contributed by atoms with van der Waals surface area (Å²) < 4.78 is 19.4. The molecule has 5 nitrogen and oxygen atoms in total. The van der Waals surface area contributed by atoms with Crippen LogP contribution in [0.5, 0.6) is 0 Å². The molecule has 1 saturated heterocycles. The molecular formula is C18H17FN4O. The maximum atomic E-state index is 13.9. The van der Waals surface area contributed by atoms with Gasteiger partial charge in [-0.2, -0.15) is 0 Å². The second kappa shape index (κ2) is 6.41. The van der Waals surface area contributed by atoms with Crippen LogP contribution in [0.1, 0.15) is 0 Å². The molecular weight excluding hydrogens is 307 g/mol. The third-order valence-corrected chi connectivity index (χ3v) is 4.12. The van der Waals surface area contributed by atoms with Crippen molar-refractivity contribution in [3.63, 3.8) is 0 Å². The summed E-state index contributed by atoms with van der Waals surface area (Å²) in [6.07, 6.45) is 1.38. The van der Waals surface area contributed by atoms with E-state index in [-0.39, 0.29) is 5.82 Å². The van der Waals surface area contributed by atoms with E-state index in [1.165, 1.54) is 12.4 Å². The molecule has 0 atom stereocenters. The Bertz CT molecular complexity index is 865. The Kier molecular flexibility index (Phi) is 3.96. The lowest BCUT2D eigenvalue weighted by molar-refractivity contribution is 0.123. The molecule has 2 aromatic carbocycles. The monoisotopic (exact) mass is 324 g/mol. The Hall–Kier alpha value is -2.73. The minimum atomic E-state index is -0.348. The number of fused-ring (bicyclic) bond motifs is 1. The quantitative estimate of drug-likeness (QED) is 0.801. The molecule has 1 aliphatic rings. The normalized spacial score (nSPS) is 14.8. The van der Waals surface area contributed by atoms with Gasteiger partial charge in [0.05, 0.1) is 24.6 Å². The highest BCUT2D eigenvalue weighted by Gasteiger charge is 2.15. The fraction of sp³-hybridized carbons (Fsp3) is 0.222. The van der Waals surface area contributed by atoms with Crippen molar-refractivity contribution in [3.05, 3.63) is 54.6 Å². The summed E-state index contributed by atoms with van der Waals surface area (Å²) in [6.45, 7) is 3.13. The zero-order valence-corrected chi connectivity index (χ0v) is 13.1. The molecule has 0 saturated carbocycles. The predicted molar refractivity (Wildman–Crippen MR) is 92.3 cm³/mol. The van der Waals surface area contributed by atoms with Crippen LogP contribution >= 0.6 is 0 Å². The Morgan fingerprint density at radius 3 is 2.71 bits per heavy atom. The van der Waals surface area contributed by atoms with E-state index >= 15 is 0 Å². The third kappa shape index (κ3) is 2.76. The van der Waals surface area contributed by atoms with Crippen LogP contribution in [0, 0.1) is 5.82 Å². The number of ether oxygens (including phenoxy) is 1. The van der Waals surface area contributed by atoms with Crippen LogP contribution in [0.2, 0.25) is 0 Å². The number of anilines is 3. The van der Waals surface area contributed by atoms with Crippen molar-refractivity contribution in [1.82, 2.24) is 9.97 Å². The molecule has 0 unspecified atom stereocenters. The highest BCUT2D eigenvalue weighted by Crippen LogP contribution is 2.31. The van der Waals surface area contributed by atoms with Crippen molar-refractivity contribution < 1.29 is 9.13 Å². The zero-order chi connectivity index (χ0) is 16.4. The van der Waals surface area contributed by atoms with Crippen molar-refractivity contribution >= 4 is 28.1 Å². The average molecular weight is 324 g/mol. The van der Waals surface area contributed by atoms with Crippen molar-refractivity contribution in [3.8, 4) is 0 Å². The standard InChI is InChI=1S/C18H17FN4O/c19-14-5-3-4-13-17(14)20-12-21-18(13)22-15-6-1-2-7-16(15)23-8-10-24-11-9-23/h1-7,12H,8-11H2,(H,20,21,22). The van der Waals surface area contributed by atoms with E-state index in [0.717, 1.165) is 37.7 Å². The maximum absolute atomic E-state index is 13.9. The third-order valence-electron chi connectivity index (χ3n) is 4.12. The van der Waals surface area contributed by atoms with Gasteiger partial charge in [-0.05, 0) is 24.3 Å². The van der Waals surface area contributed by atoms with Gasteiger partial charge in [0.2, 0.25) is 0 Å². The van der Waals surface area contributed by atoms with Gasteiger partial charge >= 0.3 is 0 Å². The SMILES string of the molecule is Fc1cccc2c(Nc3ccccc3N3CCOCC3)ncnc12. The minimum Gasteiger partial charge on any atom is -0.378 e. The number of benzene rings is 2. The smallest absolute Gasteiger partial charge is 0.149 e. The predicted octanol–water partition coefficient (Wildman–Crippen LogP) is 3.35. The first-order valence-electron chi connectivity index (χ1n) is 7.91. The van der Waals surface area contributed by atoms with Gasteiger partial charge in [-0.3, -0.25) is 0 Å². The number of nitrogens with zero attached hydrogens (tertiary/aromatic N) is 3. The zero-order valence-electron chi connectivity index (χ0n) is 13.1. The summed E-state index contributed by atoms with van der Waals surface area (Å²) in [5.41, 5.74) is 2.34. The first-order chi connectivity index (χ1) is 11.8. The number of hydrogen-bond donors (Lipinski definition) is 1. The molecule has 0 bridgehead atoms. The summed E-state index contributed by atoms with van der Waals surface area (Å²) in [5, 5.41) is 4.00. The van der Waals surface area contributed by atoms with Gasteiger partial charge in [0, 0.05) is 18.5 Å². The number of hydrogen-bond acceptors (Lipinski definition) is 5. The van der Waals surface area contributed by atoms with E-state index in [2.05, 4.69) is 26.3 Å². The molecule has 1 aliphatic heterocycles. The van der Waals surface area contributed by atoms with Crippen LogP contribution in [-0.2, 0) is 4.74 Å². The molecule has 1 N–H and O–H groups in total. The van der Waals surface area contributed by atoms with E-state index in [0.29, 0.717) is 16.7 Å². The Balaban J connectivity index is 1.73. The largest absolute Gasteiger partial charge is 0.378 e. The number of rotatable bonds is 3. The van der Waals surface area contributed by atoms with Crippen LogP contribution in [0.25, 0.3) is 10.9 Å². The molecule has 6 heteroatoms. The molecule has 3 aromatic rings. The Morgan fingerprint density at radius 1 is 1.00 bits per heavy atom. The summed E-state index contributed by atoms with van der Waals surface area (Å²) in [6, 6.07) is 12.9. The van der Waals surface area contributed by atoms with Crippen molar-refractivity contribution in [2.24, 2.45) is 0 Å². The second-order valence-electron chi connectivity index (χ2n) is 5.60. The van der Waals surface area contributed by atoms with Crippen molar-refractivity contribution in [2.75, 3.05) is 36.5 Å². The van der Waals surface area contributed by atoms with Gasteiger partial charge in [-0.1, -0.05) is 18.2 Å². The van der Waals surface area contributed by atoms with Crippen LogP contribution < -0.4 is 10.2 Å². The molecule has 122 valence electrons. The summed E-state index contributed by atoms with van der Waals surface area (Å²) in [4.78, 5) is 10.6. The van der Waals surface area contributed by atoms with E-state index in [4.69, 9.17) is 4.74 Å². The van der Waals surface area contributed by atoms with E-state index < -0.39 is 0 Å². The van der Waals surface area contributed by atoms with Crippen LogP contribution in [0.15, 0.2) is 48.8 Å². The molecule has 1 aromatic heterocycles. The molecule has 0 spiro atoms. The Morgan fingerprint density at radius 2 is 1.83 bits per heavy atom. The lowest BCUT2D eigenvalue weighted by atomic mass is 10.2. The molecule has 0 aliphatic carbocycles. The molecule has 1 fully saturated rings. The number of aromatic nitrogens is 2.